The molecular weight excluding hydrogens is 208 g/mol. The normalized spacial score (nSPS) is 15.6. The van der Waals surface area contributed by atoms with Crippen molar-refractivity contribution in [3.8, 4) is 0 Å². The summed E-state index contributed by atoms with van der Waals surface area (Å²) in [7, 11) is 0. The summed E-state index contributed by atoms with van der Waals surface area (Å²) in [5.41, 5.74) is 1.57. The number of pyridine rings is 1. The number of nitrogens with one attached hydrogen (secondary N) is 1. The van der Waals surface area contributed by atoms with E-state index in [-0.39, 0.29) is 5.54 Å². The van der Waals surface area contributed by atoms with Gasteiger partial charge in [-0.15, -0.1) is 0 Å². The molecule has 0 saturated heterocycles. The summed E-state index contributed by atoms with van der Waals surface area (Å²) in [5.74, 6) is 1.26. The second-order valence-electron chi connectivity index (χ2n) is 5.90. The minimum absolute atomic E-state index is 0.179. The standard InChI is InChI=1S/C15H26N2/c1-6-12(2)14(11-17-15(3,4)5)13-7-9-16-10-8-13/h7-10,12,14,17H,6,11H2,1-5H3. The molecule has 2 heteroatoms. The number of hydrogen-bond acceptors (Lipinski definition) is 2. The molecule has 0 bridgehead atoms. The van der Waals surface area contributed by atoms with Gasteiger partial charge < -0.3 is 5.32 Å². The van der Waals surface area contributed by atoms with Gasteiger partial charge in [-0.2, -0.15) is 0 Å². The maximum absolute atomic E-state index is 4.10. The molecule has 0 amide bonds. The molecule has 0 aliphatic heterocycles. The Hall–Kier alpha value is -0.890. The predicted molar refractivity (Wildman–Crippen MR) is 74.2 cm³/mol. The van der Waals surface area contributed by atoms with Crippen LogP contribution in [0.15, 0.2) is 24.5 Å². The Labute approximate surface area is 106 Å². The molecule has 17 heavy (non-hydrogen) atoms. The fourth-order valence-corrected chi connectivity index (χ4v) is 1.96. The van der Waals surface area contributed by atoms with Gasteiger partial charge in [0, 0.05) is 24.5 Å². The third kappa shape index (κ3) is 4.86. The largest absolute Gasteiger partial charge is 0.311 e. The van der Waals surface area contributed by atoms with E-state index in [0.717, 1.165) is 6.54 Å². The highest BCUT2D eigenvalue weighted by molar-refractivity contribution is 5.17. The molecular formula is C15H26N2. The molecule has 96 valence electrons. The summed E-state index contributed by atoms with van der Waals surface area (Å²) in [5, 5.41) is 3.62. The van der Waals surface area contributed by atoms with E-state index < -0.39 is 0 Å². The molecule has 0 radical (unpaired) electrons. The van der Waals surface area contributed by atoms with Gasteiger partial charge in [0.2, 0.25) is 0 Å². The molecule has 0 fully saturated rings. The van der Waals surface area contributed by atoms with Gasteiger partial charge in [0.15, 0.2) is 0 Å². The van der Waals surface area contributed by atoms with Gasteiger partial charge in [0.1, 0.15) is 0 Å². The van der Waals surface area contributed by atoms with Crippen molar-refractivity contribution in [1.82, 2.24) is 10.3 Å². The van der Waals surface area contributed by atoms with Gasteiger partial charge in [0.05, 0.1) is 0 Å². The summed E-state index contributed by atoms with van der Waals surface area (Å²) in [6.45, 7) is 12.3. The second kappa shape index (κ2) is 6.15. The lowest BCUT2D eigenvalue weighted by Crippen LogP contribution is -2.39. The molecule has 2 unspecified atom stereocenters. The number of rotatable bonds is 5. The highest BCUT2D eigenvalue weighted by Crippen LogP contribution is 2.26. The molecule has 2 nitrogen and oxygen atoms in total. The Kier molecular flexibility index (Phi) is 5.13. The second-order valence-corrected chi connectivity index (χ2v) is 5.90. The molecule has 1 rings (SSSR count). The van der Waals surface area contributed by atoms with Crippen molar-refractivity contribution in [1.29, 1.82) is 0 Å². The van der Waals surface area contributed by atoms with Crippen molar-refractivity contribution in [2.45, 2.75) is 52.5 Å². The summed E-state index contributed by atoms with van der Waals surface area (Å²) < 4.78 is 0. The zero-order valence-electron chi connectivity index (χ0n) is 11.8. The van der Waals surface area contributed by atoms with Crippen LogP contribution in [-0.4, -0.2) is 17.1 Å². The Morgan fingerprint density at radius 3 is 2.29 bits per heavy atom. The average molecular weight is 234 g/mol. The average Bonchev–Trinajstić information content (AvgIpc) is 2.29. The highest BCUT2D eigenvalue weighted by atomic mass is 14.9. The van der Waals surface area contributed by atoms with Crippen molar-refractivity contribution in [2.24, 2.45) is 5.92 Å². The minimum Gasteiger partial charge on any atom is -0.311 e. The fraction of sp³-hybridized carbons (Fsp3) is 0.667. The van der Waals surface area contributed by atoms with Gasteiger partial charge in [-0.25, -0.2) is 0 Å². The van der Waals surface area contributed by atoms with E-state index in [2.05, 4.69) is 57.1 Å². The van der Waals surface area contributed by atoms with Gasteiger partial charge in [-0.3, -0.25) is 4.98 Å². The first-order chi connectivity index (χ1) is 7.94. The smallest absolute Gasteiger partial charge is 0.0270 e. The predicted octanol–water partition coefficient (Wildman–Crippen LogP) is 3.60. The van der Waals surface area contributed by atoms with Gasteiger partial charge >= 0.3 is 0 Å². The van der Waals surface area contributed by atoms with Crippen LogP contribution >= 0.6 is 0 Å². The van der Waals surface area contributed by atoms with Gasteiger partial charge in [-0.05, 0) is 50.3 Å². The van der Waals surface area contributed by atoms with E-state index in [4.69, 9.17) is 0 Å². The first-order valence-corrected chi connectivity index (χ1v) is 6.59. The van der Waals surface area contributed by atoms with E-state index in [0.29, 0.717) is 11.8 Å². The van der Waals surface area contributed by atoms with E-state index in [9.17, 15) is 0 Å². The third-order valence-corrected chi connectivity index (χ3v) is 3.32. The number of hydrogen-bond donors (Lipinski definition) is 1. The van der Waals surface area contributed by atoms with Crippen molar-refractivity contribution in [3.05, 3.63) is 30.1 Å². The van der Waals surface area contributed by atoms with Crippen LogP contribution in [0.3, 0.4) is 0 Å². The van der Waals surface area contributed by atoms with Crippen LogP contribution < -0.4 is 5.32 Å². The van der Waals surface area contributed by atoms with Gasteiger partial charge in [-0.1, -0.05) is 20.3 Å². The van der Waals surface area contributed by atoms with E-state index in [1.54, 1.807) is 0 Å². The highest BCUT2D eigenvalue weighted by Gasteiger charge is 2.20. The first kappa shape index (κ1) is 14.2. The lowest BCUT2D eigenvalue weighted by molar-refractivity contribution is 0.356. The molecule has 1 N–H and O–H groups in total. The topological polar surface area (TPSA) is 24.9 Å². The Bertz CT molecular complexity index is 313. The van der Waals surface area contributed by atoms with Crippen LogP contribution in [0.4, 0.5) is 0 Å². The summed E-state index contributed by atoms with van der Waals surface area (Å²) in [6.07, 6.45) is 4.99. The molecule has 0 saturated carbocycles. The minimum atomic E-state index is 0.179. The SMILES string of the molecule is CCC(C)C(CNC(C)(C)C)c1ccncc1. The van der Waals surface area contributed by atoms with Crippen molar-refractivity contribution < 1.29 is 0 Å². The molecule has 2 atom stereocenters. The first-order valence-electron chi connectivity index (χ1n) is 6.59. The van der Waals surface area contributed by atoms with Crippen LogP contribution in [0.5, 0.6) is 0 Å². The zero-order chi connectivity index (χ0) is 12.9. The summed E-state index contributed by atoms with van der Waals surface area (Å²) in [6, 6.07) is 4.28. The quantitative estimate of drug-likeness (QED) is 0.842. The number of aromatic nitrogens is 1. The van der Waals surface area contributed by atoms with E-state index in [1.807, 2.05) is 12.4 Å². The third-order valence-electron chi connectivity index (χ3n) is 3.32. The maximum atomic E-state index is 4.10. The van der Waals surface area contributed by atoms with Crippen LogP contribution in [0.2, 0.25) is 0 Å². The van der Waals surface area contributed by atoms with Crippen molar-refractivity contribution >= 4 is 0 Å². The zero-order valence-corrected chi connectivity index (χ0v) is 11.8. The Balaban J connectivity index is 2.75. The van der Waals surface area contributed by atoms with Crippen LogP contribution in [0.25, 0.3) is 0 Å². The molecule has 0 aromatic carbocycles. The lowest BCUT2D eigenvalue weighted by atomic mass is 9.85. The van der Waals surface area contributed by atoms with Crippen LogP contribution in [0.1, 0.15) is 52.5 Å². The summed E-state index contributed by atoms with van der Waals surface area (Å²) >= 11 is 0. The van der Waals surface area contributed by atoms with Crippen LogP contribution in [0, 0.1) is 5.92 Å². The molecule has 1 heterocycles. The fourth-order valence-electron chi connectivity index (χ4n) is 1.96. The maximum Gasteiger partial charge on any atom is 0.0270 e. The van der Waals surface area contributed by atoms with E-state index >= 15 is 0 Å². The van der Waals surface area contributed by atoms with Gasteiger partial charge in [0.25, 0.3) is 0 Å². The molecule has 0 aliphatic rings. The summed E-state index contributed by atoms with van der Waals surface area (Å²) in [4.78, 5) is 4.10. The molecule has 0 aliphatic carbocycles. The Morgan fingerprint density at radius 2 is 1.82 bits per heavy atom. The van der Waals surface area contributed by atoms with Crippen molar-refractivity contribution in [2.75, 3.05) is 6.54 Å². The Morgan fingerprint density at radius 1 is 1.24 bits per heavy atom. The molecule has 1 aromatic heterocycles. The lowest BCUT2D eigenvalue weighted by Gasteiger charge is -2.29. The van der Waals surface area contributed by atoms with E-state index in [1.165, 1.54) is 12.0 Å². The van der Waals surface area contributed by atoms with Crippen LogP contribution in [-0.2, 0) is 0 Å². The number of nitrogens with zero attached hydrogens (tertiary/aromatic N) is 1. The van der Waals surface area contributed by atoms with Crippen molar-refractivity contribution in [3.63, 3.8) is 0 Å². The monoisotopic (exact) mass is 234 g/mol. The molecule has 0 spiro atoms. The molecule has 1 aromatic rings.